The predicted molar refractivity (Wildman–Crippen MR) is 139 cm³/mol. The summed E-state index contributed by atoms with van der Waals surface area (Å²) in [7, 11) is 0. The summed E-state index contributed by atoms with van der Waals surface area (Å²) in [5, 5.41) is 6.85. The maximum absolute atomic E-state index is 12.1. The molecule has 2 N–H and O–H groups in total. The normalized spacial score (nSPS) is 18.9. The topological polar surface area (TPSA) is 60.0 Å². The van der Waals surface area contributed by atoms with Crippen LogP contribution in [0.2, 0.25) is 0 Å². The highest BCUT2D eigenvalue weighted by atomic mass is 127. The van der Waals surface area contributed by atoms with Crippen LogP contribution < -0.4 is 10.6 Å². The molecule has 6 nitrogen and oxygen atoms in total. The van der Waals surface area contributed by atoms with Gasteiger partial charge < -0.3 is 15.5 Å². The molecule has 1 atom stereocenters. The number of nitrogens with one attached hydrogen (secondary N) is 2. The molecule has 2 aliphatic heterocycles. The number of hydrogen-bond acceptors (Lipinski definition) is 3. The molecule has 1 amide bonds. The summed E-state index contributed by atoms with van der Waals surface area (Å²) >= 11 is 0. The van der Waals surface area contributed by atoms with Crippen LogP contribution in [0.3, 0.4) is 0 Å². The van der Waals surface area contributed by atoms with Gasteiger partial charge in [-0.05, 0) is 57.7 Å². The molecular weight excluding hydrogens is 501 g/mol. The fourth-order valence-electron chi connectivity index (χ4n) is 4.43. The number of rotatable bonds is 9. The number of amides is 1. The summed E-state index contributed by atoms with van der Waals surface area (Å²) in [4.78, 5) is 21.7. The van der Waals surface area contributed by atoms with Crippen LogP contribution in [0, 0.1) is 0 Å². The first kappa shape index (κ1) is 25.9. The standard InChI is InChI=1S/C24H39N5O.HI/c1-2-25-24(26-15-11-19-29-18-8-4-7-14-23(29)30)27-20-22(28-16-9-10-17-28)21-12-5-3-6-13-21;/h3,5-6,12-13,22H,2,4,7-11,14-20H2,1H3,(H2,25,26,27);1H. The van der Waals surface area contributed by atoms with E-state index in [1.165, 1.54) is 24.8 Å². The number of likely N-dealkylation sites (tertiary alicyclic amines) is 2. The number of benzene rings is 1. The Bertz CT molecular complexity index is 663. The zero-order valence-electron chi connectivity index (χ0n) is 19.0. The van der Waals surface area contributed by atoms with Gasteiger partial charge in [0, 0.05) is 32.6 Å². The summed E-state index contributed by atoms with van der Waals surface area (Å²) in [6, 6.07) is 11.1. The Balaban J connectivity index is 0.00000341. The van der Waals surface area contributed by atoms with Crippen molar-refractivity contribution in [1.82, 2.24) is 20.4 Å². The van der Waals surface area contributed by atoms with Gasteiger partial charge in [-0.25, -0.2) is 0 Å². The summed E-state index contributed by atoms with van der Waals surface area (Å²) in [6.07, 6.45) is 7.59. The lowest BCUT2D eigenvalue weighted by Gasteiger charge is -2.27. The van der Waals surface area contributed by atoms with E-state index in [9.17, 15) is 4.79 Å². The van der Waals surface area contributed by atoms with Crippen LogP contribution in [-0.2, 0) is 4.79 Å². The zero-order valence-corrected chi connectivity index (χ0v) is 21.4. The fourth-order valence-corrected chi connectivity index (χ4v) is 4.43. The van der Waals surface area contributed by atoms with E-state index in [4.69, 9.17) is 4.99 Å². The highest BCUT2D eigenvalue weighted by molar-refractivity contribution is 14.0. The Morgan fingerprint density at radius 2 is 1.77 bits per heavy atom. The lowest BCUT2D eigenvalue weighted by atomic mass is 10.1. The smallest absolute Gasteiger partial charge is 0.222 e. The van der Waals surface area contributed by atoms with Crippen molar-refractivity contribution in [2.24, 2.45) is 4.99 Å². The van der Waals surface area contributed by atoms with E-state index in [1.54, 1.807) is 0 Å². The molecule has 0 radical (unpaired) electrons. The van der Waals surface area contributed by atoms with Crippen molar-refractivity contribution in [3.05, 3.63) is 35.9 Å². The first-order chi connectivity index (χ1) is 14.8. The SMILES string of the molecule is CCNC(=NCC(c1ccccc1)N1CCCC1)NCCCN1CCCCCC1=O.I. The third-order valence-corrected chi connectivity index (χ3v) is 6.10. The molecule has 0 aromatic heterocycles. The lowest BCUT2D eigenvalue weighted by Crippen LogP contribution is -2.40. The summed E-state index contributed by atoms with van der Waals surface area (Å²) in [6.45, 7) is 8.59. The van der Waals surface area contributed by atoms with Crippen LogP contribution in [-0.4, -0.2) is 67.5 Å². The molecule has 1 aromatic rings. The number of carbonyl (C=O) groups is 1. The van der Waals surface area contributed by atoms with E-state index < -0.39 is 0 Å². The van der Waals surface area contributed by atoms with Gasteiger partial charge in [-0.15, -0.1) is 24.0 Å². The van der Waals surface area contributed by atoms with E-state index >= 15 is 0 Å². The first-order valence-electron chi connectivity index (χ1n) is 11.9. The first-order valence-corrected chi connectivity index (χ1v) is 11.9. The van der Waals surface area contributed by atoms with Gasteiger partial charge in [0.2, 0.25) is 5.91 Å². The van der Waals surface area contributed by atoms with Crippen molar-refractivity contribution in [2.75, 3.05) is 45.8 Å². The van der Waals surface area contributed by atoms with Crippen LogP contribution in [0.4, 0.5) is 0 Å². The van der Waals surface area contributed by atoms with Crippen molar-refractivity contribution < 1.29 is 4.79 Å². The minimum atomic E-state index is 0. The average Bonchev–Trinajstić information content (AvgIpc) is 3.22. The van der Waals surface area contributed by atoms with E-state index in [1.807, 2.05) is 4.90 Å². The highest BCUT2D eigenvalue weighted by Gasteiger charge is 2.23. The van der Waals surface area contributed by atoms with E-state index in [-0.39, 0.29) is 24.0 Å². The highest BCUT2D eigenvalue weighted by Crippen LogP contribution is 2.25. The van der Waals surface area contributed by atoms with E-state index in [0.717, 1.165) is 77.5 Å². The second-order valence-electron chi connectivity index (χ2n) is 8.36. The van der Waals surface area contributed by atoms with Crippen LogP contribution in [0.1, 0.15) is 63.5 Å². The predicted octanol–water partition coefficient (Wildman–Crippen LogP) is 3.79. The monoisotopic (exact) mass is 541 g/mol. The molecule has 174 valence electrons. The second kappa shape index (κ2) is 14.7. The number of hydrogen-bond donors (Lipinski definition) is 2. The van der Waals surface area contributed by atoms with Crippen LogP contribution in [0.25, 0.3) is 0 Å². The second-order valence-corrected chi connectivity index (χ2v) is 8.36. The van der Waals surface area contributed by atoms with Gasteiger partial charge in [-0.3, -0.25) is 14.7 Å². The van der Waals surface area contributed by atoms with Crippen molar-refractivity contribution in [3.63, 3.8) is 0 Å². The number of halogens is 1. The Kier molecular flexibility index (Phi) is 12.3. The van der Waals surface area contributed by atoms with Crippen LogP contribution in [0.15, 0.2) is 35.3 Å². The zero-order chi connectivity index (χ0) is 21.0. The molecule has 1 unspecified atom stereocenters. The maximum atomic E-state index is 12.1. The van der Waals surface area contributed by atoms with E-state index in [0.29, 0.717) is 11.9 Å². The van der Waals surface area contributed by atoms with Gasteiger partial charge >= 0.3 is 0 Å². The lowest BCUT2D eigenvalue weighted by molar-refractivity contribution is -0.130. The molecule has 2 fully saturated rings. The molecule has 2 heterocycles. The number of carbonyl (C=O) groups excluding carboxylic acids is 1. The number of aliphatic imine (C=N–C) groups is 1. The van der Waals surface area contributed by atoms with E-state index in [2.05, 4.69) is 52.8 Å². The minimum Gasteiger partial charge on any atom is -0.357 e. The van der Waals surface area contributed by atoms with Crippen molar-refractivity contribution in [2.45, 2.75) is 57.9 Å². The van der Waals surface area contributed by atoms with Gasteiger partial charge in [-0.1, -0.05) is 36.8 Å². The minimum absolute atomic E-state index is 0. The quantitative estimate of drug-likeness (QED) is 0.216. The van der Waals surface area contributed by atoms with Crippen molar-refractivity contribution in [3.8, 4) is 0 Å². The van der Waals surface area contributed by atoms with Crippen molar-refractivity contribution in [1.29, 1.82) is 0 Å². The Morgan fingerprint density at radius 3 is 2.52 bits per heavy atom. The largest absolute Gasteiger partial charge is 0.357 e. The fraction of sp³-hybridized carbons (Fsp3) is 0.667. The van der Waals surface area contributed by atoms with Gasteiger partial charge in [0.25, 0.3) is 0 Å². The van der Waals surface area contributed by atoms with Gasteiger partial charge in [0.1, 0.15) is 0 Å². The third-order valence-electron chi connectivity index (χ3n) is 6.10. The Morgan fingerprint density at radius 1 is 1.03 bits per heavy atom. The Labute approximate surface area is 205 Å². The molecule has 1 aromatic carbocycles. The Hall–Kier alpha value is -1.35. The molecule has 0 saturated carbocycles. The molecule has 0 bridgehead atoms. The molecule has 2 aliphatic rings. The van der Waals surface area contributed by atoms with Gasteiger partial charge in [-0.2, -0.15) is 0 Å². The summed E-state index contributed by atoms with van der Waals surface area (Å²) in [5.74, 6) is 1.20. The summed E-state index contributed by atoms with van der Waals surface area (Å²) < 4.78 is 0. The van der Waals surface area contributed by atoms with Crippen LogP contribution >= 0.6 is 24.0 Å². The number of nitrogens with zero attached hydrogens (tertiary/aromatic N) is 3. The molecule has 0 spiro atoms. The van der Waals surface area contributed by atoms with Gasteiger partial charge in [0.05, 0.1) is 12.6 Å². The third kappa shape index (κ3) is 8.60. The molecule has 0 aliphatic carbocycles. The molecule has 3 rings (SSSR count). The summed E-state index contributed by atoms with van der Waals surface area (Å²) in [5.41, 5.74) is 1.35. The van der Waals surface area contributed by atoms with Gasteiger partial charge in [0.15, 0.2) is 5.96 Å². The number of guanidine groups is 1. The molecule has 31 heavy (non-hydrogen) atoms. The average molecular weight is 542 g/mol. The van der Waals surface area contributed by atoms with Crippen molar-refractivity contribution >= 4 is 35.8 Å². The molecule has 7 heteroatoms. The molecule has 2 saturated heterocycles. The molecular formula is C24H40IN5O. The van der Waals surface area contributed by atoms with Crippen LogP contribution in [0.5, 0.6) is 0 Å². The maximum Gasteiger partial charge on any atom is 0.222 e.